The standard InChI is InChI=1S/C14H19NO4/c1-10-6-5-7-11(8-10)15-12(16)9-18-13(17)19-14(2,3)4/h5-8H,9H2,1-4H3,(H,15,16). The van der Waals surface area contributed by atoms with Crippen molar-refractivity contribution in [2.24, 2.45) is 0 Å². The first-order valence-corrected chi connectivity index (χ1v) is 5.98. The number of hydrogen-bond donors (Lipinski definition) is 1. The predicted molar refractivity (Wildman–Crippen MR) is 72.0 cm³/mol. The first kappa shape index (κ1) is 15.0. The molecule has 0 aliphatic heterocycles. The van der Waals surface area contributed by atoms with Gasteiger partial charge in [-0.05, 0) is 45.4 Å². The third kappa shape index (κ3) is 6.45. The maximum absolute atomic E-state index is 11.5. The van der Waals surface area contributed by atoms with E-state index in [0.717, 1.165) is 5.56 Å². The first-order valence-electron chi connectivity index (χ1n) is 5.98. The molecule has 0 aliphatic rings. The Morgan fingerprint density at radius 3 is 2.53 bits per heavy atom. The summed E-state index contributed by atoms with van der Waals surface area (Å²) in [5.74, 6) is -0.406. The molecule has 19 heavy (non-hydrogen) atoms. The van der Waals surface area contributed by atoms with Crippen molar-refractivity contribution >= 4 is 17.7 Å². The summed E-state index contributed by atoms with van der Waals surface area (Å²) in [6.07, 6.45) is -0.855. The van der Waals surface area contributed by atoms with Crippen LogP contribution in [0.1, 0.15) is 26.3 Å². The minimum Gasteiger partial charge on any atom is -0.429 e. The third-order valence-corrected chi connectivity index (χ3v) is 2.01. The van der Waals surface area contributed by atoms with Gasteiger partial charge in [0.2, 0.25) is 0 Å². The highest BCUT2D eigenvalue weighted by Gasteiger charge is 2.18. The summed E-state index contributed by atoms with van der Waals surface area (Å²) in [6, 6.07) is 7.34. The summed E-state index contributed by atoms with van der Waals surface area (Å²) in [5, 5.41) is 2.63. The Bertz CT molecular complexity index is 463. The van der Waals surface area contributed by atoms with Crippen molar-refractivity contribution < 1.29 is 19.1 Å². The molecule has 5 heteroatoms. The second-order valence-corrected chi connectivity index (χ2v) is 5.17. The topological polar surface area (TPSA) is 64.6 Å². The summed E-state index contributed by atoms with van der Waals surface area (Å²) >= 11 is 0. The number of anilines is 1. The highest BCUT2D eigenvalue weighted by atomic mass is 16.7. The summed E-state index contributed by atoms with van der Waals surface area (Å²) in [6.45, 7) is 6.72. The van der Waals surface area contributed by atoms with Crippen LogP contribution >= 0.6 is 0 Å². The average Bonchev–Trinajstić information content (AvgIpc) is 2.24. The molecular formula is C14H19NO4. The van der Waals surface area contributed by atoms with Crippen molar-refractivity contribution in [3.05, 3.63) is 29.8 Å². The third-order valence-electron chi connectivity index (χ3n) is 2.01. The first-order chi connectivity index (χ1) is 8.76. The monoisotopic (exact) mass is 265 g/mol. The molecule has 0 radical (unpaired) electrons. The van der Waals surface area contributed by atoms with Gasteiger partial charge in [-0.3, -0.25) is 4.79 Å². The molecule has 0 aliphatic carbocycles. The van der Waals surface area contributed by atoms with E-state index >= 15 is 0 Å². The van der Waals surface area contributed by atoms with Crippen LogP contribution in [0.25, 0.3) is 0 Å². The zero-order valence-corrected chi connectivity index (χ0v) is 11.6. The number of aryl methyl sites for hydroxylation is 1. The quantitative estimate of drug-likeness (QED) is 0.853. The number of amides is 1. The normalized spacial score (nSPS) is 10.7. The molecule has 1 rings (SSSR count). The van der Waals surface area contributed by atoms with Crippen LogP contribution in [0.3, 0.4) is 0 Å². The minimum absolute atomic E-state index is 0.372. The molecule has 0 heterocycles. The van der Waals surface area contributed by atoms with Gasteiger partial charge in [-0.1, -0.05) is 12.1 Å². The van der Waals surface area contributed by atoms with Gasteiger partial charge in [-0.15, -0.1) is 0 Å². The smallest absolute Gasteiger partial charge is 0.429 e. The molecule has 0 saturated carbocycles. The number of carbonyl (C=O) groups is 2. The van der Waals surface area contributed by atoms with Gasteiger partial charge in [0.1, 0.15) is 5.60 Å². The maximum Gasteiger partial charge on any atom is 0.509 e. The molecule has 0 fully saturated rings. The summed E-state index contributed by atoms with van der Waals surface area (Å²) in [4.78, 5) is 22.8. The molecular weight excluding hydrogens is 246 g/mol. The van der Waals surface area contributed by atoms with E-state index in [9.17, 15) is 9.59 Å². The molecule has 0 spiro atoms. The summed E-state index contributed by atoms with van der Waals surface area (Å²) < 4.78 is 9.63. The molecule has 0 unspecified atom stereocenters. The van der Waals surface area contributed by atoms with Crippen molar-refractivity contribution in [2.75, 3.05) is 11.9 Å². The molecule has 1 aromatic rings. The Kier molecular flexibility index (Phi) is 4.92. The second-order valence-electron chi connectivity index (χ2n) is 5.17. The minimum atomic E-state index is -0.855. The number of benzene rings is 1. The van der Waals surface area contributed by atoms with Gasteiger partial charge in [-0.2, -0.15) is 0 Å². The molecule has 1 aromatic carbocycles. The second kappa shape index (κ2) is 6.22. The van der Waals surface area contributed by atoms with E-state index in [4.69, 9.17) is 9.47 Å². The Morgan fingerprint density at radius 2 is 1.95 bits per heavy atom. The Labute approximate surface area is 112 Å². The van der Waals surface area contributed by atoms with Crippen LogP contribution in [-0.2, 0) is 14.3 Å². The van der Waals surface area contributed by atoms with Crippen molar-refractivity contribution in [3.8, 4) is 0 Å². The number of nitrogens with one attached hydrogen (secondary N) is 1. The summed E-state index contributed by atoms with van der Waals surface area (Å²) in [5.41, 5.74) is 1.06. The Hall–Kier alpha value is -2.04. The van der Waals surface area contributed by atoms with Gasteiger partial charge in [0.15, 0.2) is 6.61 Å². The lowest BCUT2D eigenvalue weighted by molar-refractivity contribution is -0.120. The number of hydrogen-bond acceptors (Lipinski definition) is 4. The van der Waals surface area contributed by atoms with Gasteiger partial charge in [0, 0.05) is 5.69 Å². The lowest BCUT2D eigenvalue weighted by Crippen LogP contribution is -2.27. The van der Waals surface area contributed by atoms with E-state index in [1.165, 1.54) is 0 Å². The van der Waals surface area contributed by atoms with Crippen LogP contribution in [0.5, 0.6) is 0 Å². The van der Waals surface area contributed by atoms with E-state index in [2.05, 4.69) is 5.32 Å². The van der Waals surface area contributed by atoms with Crippen molar-refractivity contribution in [1.82, 2.24) is 0 Å². The number of carbonyl (C=O) groups excluding carboxylic acids is 2. The zero-order valence-electron chi connectivity index (χ0n) is 11.6. The fraction of sp³-hybridized carbons (Fsp3) is 0.429. The van der Waals surface area contributed by atoms with Crippen LogP contribution in [0.2, 0.25) is 0 Å². The molecule has 104 valence electrons. The van der Waals surface area contributed by atoms with Gasteiger partial charge < -0.3 is 14.8 Å². The molecule has 0 aromatic heterocycles. The molecule has 0 bridgehead atoms. The predicted octanol–water partition coefficient (Wildman–Crippen LogP) is 2.89. The van der Waals surface area contributed by atoms with Gasteiger partial charge >= 0.3 is 6.16 Å². The van der Waals surface area contributed by atoms with Gasteiger partial charge in [0.25, 0.3) is 5.91 Å². The highest BCUT2D eigenvalue weighted by molar-refractivity contribution is 5.92. The summed E-state index contributed by atoms with van der Waals surface area (Å²) in [7, 11) is 0. The Balaban J connectivity index is 2.38. The lowest BCUT2D eigenvalue weighted by atomic mass is 10.2. The molecule has 1 amide bonds. The molecule has 0 saturated heterocycles. The molecule has 1 N–H and O–H groups in total. The van der Waals surface area contributed by atoms with Gasteiger partial charge in [-0.25, -0.2) is 4.79 Å². The zero-order chi connectivity index (χ0) is 14.5. The highest BCUT2D eigenvalue weighted by Crippen LogP contribution is 2.10. The molecule has 5 nitrogen and oxygen atoms in total. The maximum atomic E-state index is 11.5. The van der Waals surface area contributed by atoms with Crippen LogP contribution in [0.4, 0.5) is 10.5 Å². The molecule has 0 atom stereocenters. The largest absolute Gasteiger partial charge is 0.509 e. The fourth-order valence-corrected chi connectivity index (χ4v) is 1.32. The van der Waals surface area contributed by atoms with E-state index in [1.54, 1.807) is 26.8 Å². The van der Waals surface area contributed by atoms with Crippen molar-refractivity contribution in [3.63, 3.8) is 0 Å². The average molecular weight is 265 g/mol. The SMILES string of the molecule is Cc1cccc(NC(=O)COC(=O)OC(C)(C)C)c1. The van der Waals surface area contributed by atoms with Crippen LogP contribution < -0.4 is 5.32 Å². The van der Waals surface area contributed by atoms with E-state index in [0.29, 0.717) is 5.69 Å². The number of rotatable bonds is 3. The van der Waals surface area contributed by atoms with Gasteiger partial charge in [0.05, 0.1) is 0 Å². The fourth-order valence-electron chi connectivity index (χ4n) is 1.32. The van der Waals surface area contributed by atoms with E-state index < -0.39 is 17.7 Å². The van der Waals surface area contributed by atoms with E-state index in [1.807, 2.05) is 25.1 Å². The lowest BCUT2D eigenvalue weighted by Gasteiger charge is -2.18. The van der Waals surface area contributed by atoms with Crippen molar-refractivity contribution in [1.29, 1.82) is 0 Å². The van der Waals surface area contributed by atoms with Crippen LogP contribution in [0.15, 0.2) is 24.3 Å². The number of ether oxygens (including phenoxy) is 2. The van der Waals surface area contributed by atoms with Crippen molar-refractivity contribution in [2.45, 2.75) is 33.3 Å². The van der Waals surface area contributed by atoms with Crippen LogP contribution in [0, 0.1) is 6.92 Å². The van der Waals surface area contributed by atoms with Crippen LogP contribution in [-0.4, -0.2) is 24.3 Å². The Morgan fingerprint density at radius 1 is 1.26 bits per heavy atom. The van der Waals surface area contributed by atoms with E-state index in [-0.39, 0.29) is 6.61 Å².